The van der Waals surface area contributed by atoms with Crippen molar-refractivity contribution >= 4 is 35.0 Å². The van der Waals surface area contributed by atoms with Gasteiger partial charge < -0.3 is 15.1 Å². The second-order valence-corrected chi connectivity index (χ2v) is 7.91. The standard InChI is InChI=1S/C22H27N3O2S/c1-3-24(2)18-10-8-9-17(15-18)23-22(27)19-11-4-5-12-20(19)28-16-21(26)25-13-6-7-14-25/h4-5,8-12,15H,3,6-7,13-14,16H2,1-2H3,(H,23,27). The Morgan fingerprint density at radius 1 is 1.11 bits per heavy atom. The Bertz CT molecular complexity index is 834. The molecular weight excluding hydrogens is 370 g/mol. The second kappa shape index (κ2) is 9.64. The molecule has 2 amide bonds. The van der Waals surface area contributed by atoms with Gasteiger partial charge in [-0.3, -0.25) is 9.59 Å². The first-order valence-electron chi connectivity index (χ1n) is 9.70. The number of benzene rings is 2. The summed E-state index contributed by atoms with van der Waals surface area (Å²) in [6.07, 6.45) is 2.17. The zero-order valence-corrected chi connectivity index (χ0v) is 17.3. The molecule has 0 radical (unpaired) electrons. The van der Waals surface area contributed by atoms with E-state index in [1.54, 1.807) is 6.07 Å². The molecule has 0 spiro atoms. The molecule has 5 nitrogen and oxygen atoms in total. The molecule has 148 valence electrons. The molecular formula is C22H27N3O2S. The number of likely N-dealkylation sites (tertiary alicyclic amines) is 1. The fourth-order valence-electron chi connectivity index (χ4n) is 3.18. The number of anilines is 2. The topological polar surface area (TPSA) is 52.7 Å². The Kier molecular flexibility index (Phi) is 6.98. The summed E-state index contributed by atoms with van der Waals surface area (Å²) >= 11 is 1.43. The smallest absolute Gasteiger partial charge is 0.256 e. The first-order valence-corrected chi connectivity index (χ1v) is 10.7. The lowest BCUT2D eigenvalue weighted by molar-refractivity contribution is -0.127. The van der Waals surface area contributed by atoms with Crippen molar-refractivity contribution in [1.29, 1.82) is 0 Å². The Hall–Kier alpha value is -2.47. The number of hydrogen-bond donors (Lipinski definition) is 1. The lowest BCUT2D eigenvalue weighted by atomic mass is 10.2. The van der Waals surface area contributed by atoms with E-state index in [-0.39, 0.29) is 11.8 Å². The highest BCUT2D eigenvalue weighted by Crippen LogP contribution is 2.25. The van der Waals surface area contributed by atoms with E-state index in [2.05, 4.69) is 17.1 Å². The van der Waals surface area contributed by atoms with Crippen molar-refractivity contribution in [3.63, 3.8) is 0 Å². The van der Waals surface area contributed by atoms with E-state index in [1.807, 2.05) is 54.4 Å². The molecule has 6 heteroatoms. The molecule has 0 bridgehead atoms. The molecule has 0 aromatic heterocycles. The van der Waals surface area contributed by atoms with Gasteiger partial charge in [0.25, 0.3) is 5.91 Å². The summed E-state index contributed by atoms with van der Waals surface area (Å²) in [6, 6.07) is 15.3. The summed E-state index contributed by atoms with van der Waals surface area (Å²) in [4.78, 5) is 30.0. The number of amides is 2. The van der Waals surface area contributed by atoms with Gasteiger partial charge in [0, 0.05) is 43.0 Å². The second-order valence-electron chi connectivity index (χ2n) is 6.89. The number of nitrogens with zero attached hydrogens (tertiary/aromatic N) is 2. The fourth-order valence-corrected chi connectivity index (χ4v) is 4.13. The molecule has 0 saturated carbocycles. The van der Waals surface area contributed by atoms with Crippen LogP contribution in [0, 0.1) is 0 Å². The Morgan fingerprint density at radius 3 is 2.61 bits per heavy atom. The quantitative estimate of drug-likeness (QED) is 0.715. The number of carbonyl (C=O) groups is 2. The van der Waals surface area contributed by atoms with Crippen molar-refractivity contribution in [3.8, 4) is 0 Å². The van der Waals surface area contributed by atoms with Gasteiger partial charge in [-0.1, -0.05) is 18.2 Å². The van der Waals surface area contributed by atoms with E-state index in [4.69, 9.17) is 0 Å². The molecule has 3 rings (SSSR count). The molecule has 28 heavy (non-hydrogen) atoms. The lowest BCUT2D eigenvalue weighted by Gasteiger charge is -2.18. The van der Waals surface area contributed by atoms with E-state index in [9.17, 15) is 9.59 Å². The van der Waals surface area contributed by atoms with Crippen LogP contribution in [0.2, 0.25) is 0 Å². The highest BCUT2D eigenvalue weighted by atomic mass is 32.2. The molecule has 1 heterocycles. The van der Waals surface area contributed by atoms with Gasteiger partial charge in [0.05, 0.1) is 11.3 Å². The van der Waals surface area contributed by atoms with Gasteiger partial charge in [0.2, 0.25) is 5.91 Å². The predicted molar refractivity (Wildman–Crippen MR) is 116 cm³/mol. The molecule has 1 aliphatic rings. The molecule has 1 fully saturated rings. The summed E-state index contributed by atoms with van der Waals surface area (Å²) in [5, 5.41) is 2.99. The van der Waals surface area contributed by atoms with Crippen LogP contribution in [-0.2, 0) is 4.79 Å². The maximum atomic E-state index is 12.9. The van der Waals surface area contributed by atoms with E-state index in [0.29, 0.717) is 11.3 Å². The van der Waals surface area contributed by atoms with Crippen molar-refractivity contribution in [2.24, 2.45) is 0 Å². The third-order valence-corrected chi connectivity index (χ3v) is 6.02. The minimum atomic E-state index is -0.159. The van der Waals surface area contributed by atoms with Crippen LogP contribution < -0.4 is 10.2 Å². The molecule has 0 atom stereocenters. The van der Waals surface area contributed by atoms with Gasteiger partial charge in [0.1, 0.15) is 0 Å². The van der Waals surface area contributed by atoms with E-state index in [1.165, 1.54) is 11.8 Å². The van der Waals surface area contributed by atoms with Crippen LogP contribution in [0.4, 0.5) is 11.4 Å². The largest absolute Gasteiger partial charge is 0.375 e. The Morgan fingerprint density at radius 2 is 1.86 bits per heavy atom. The van der Waals surface area contributed by atoms with Crippen LogP contribution in [-0.4, -0.2) is 49.1 Å². The summed E-state index contributed by atoms with van der Waals surface area (Å²) in [6.45, 7) is 4.68. The number of rotatable bonds is 7. The van der Waals surface area contributed by atoms with Crippen LogP contribution in [0.1, 0.15) is 30.1 Å². The Balaban J connectivity index is 1.68. The molecule has 0 unspecified atom stereocenters. The lowest BCUT2D eigenvalue weighted by Crippen LogP contribution is -2.29. The number of carbonyl (C=O) groups excluding carboxylic acids is 2. The van der Waals surface area contributed by atoms with Gasteiger partial charge in [-0.15, -0.1) is 11.8 Å². The van der Waals surface area contributed by atoms with Crippen molar-refractivity contribution in [1.82, 2.24) is 4.90 Å². The normalized spacial score (nSPS) is 13.4. The van der Waals surface area contributed by atoms with Crippen LogP contribution in [0.3, 0.4) is 0 Å². The van der Waals surface area contributed by atoms with Crippen LogP contribution in [0.5, 0.6) is 0 Å². The monoisotopic (exact) mass is 397 g/mol. The summed E-state index contributed by atoms with van der Waals surface area (Å²) in [5.74, 6) is 0.349. The van der Waals surface area contributed by atoms with E-state index < -0.39 is 0 Å². The predicted octanol–water partition coefficient (Wildman–Crippen LogP) is 4.11. The molecule has 2 aromatic rings. The summed E-state index contributed by atoms with van der Waals surface area (Å²) < 4.78 is 0. The summed E-state index contributed by atoms with van der Waals surface area (Å²) in [7, 11) is 2.02. The third kappa shape index (κ3) is 5.07. The van der Waals surface area contributed by atoms with Gasteiger partial charge >= 0.3 is 0 Å². The van der Waals surface area contributed by atoms with Gasteiger partial charge in [-0.2, -0.15) is 0 Å². The fraction of sp³-hybridized carbons (Fsp3) is 0.364. The number of nitrogens with one attached hydrogen (secondary N) is 1. The third-order valence-electron chi connectivity index (χ3n) is 4.96. The van der Waals surface area contributed by atoms with Crippen LogP contribution in [0.25, 0.3) is 0 Å². The highest BCUT2D eigenvalue weighted by Gasteiger charge is 2.19. The first kappa shape index (κ1) is 20.3. The molecule has 1 aliphatic heterocycles. The van der Waals surface area contributed by atoms with Crippen molar-refractivity contribution in [3.05, 3.63) is 54.1 Å². The molecule has 0 aliphatic carbocycles. The van der Waals surface area contributed by atoms with Crippen molar-refractivity contribution < 1.29 is 9.59 Å². The molecule has 1 saturated heterocycles. The van der Waals surface area contributed by atoms with Gasteiger partial charge in [-0.05, 0) is 50.1 Å². The number of hydrogen-bond acceptors (Lipinski definition) is 4. The SMILES string of the molecule is CCN(C)c1cccc(NC(=O)c2ccccc2SCC(=O)N2CCCC2)c1. The highest BCUT2D eigenvalue weighted by molar-refractivity contribution is 8.00. The zero-order valence-electron chi connectivity index (χ0n) is 16.5. The minimum absolute atomic E-state index is 0.146. The van der Waals surface area contributed by atoms with Crippen molar-refractivity contribution in [2.45, 2.75) is 24.7 Å². The Labute approximate surface area is 171 Å². The zero-order chi connectivity index (χ0) is 19.9. The van der Waals surface area contributed by atoms with Gasteiger partial charge in [-0.25, -0.2) is 0 Å². The number of thioether (sulfide) groups is 1. The maximum Gasteiger partial charge on any atom is 0.256 e. The van der Waals surface area contributed by atoms with Crippen molar-refractivity contribution in [2.75, 3.05) is 42.7 Å². The van der Waals surface area contributed by atoms with Gasteiger partial charge in [0.15, 0.2) is 0 Å². The maximum absolute atomic E-state index is 12.9. The minimum Gasteiger partial charge on any atom is -0.375 e. The van der Waals surface area contributed by atoms with E-state index in [0.717, 1.165) is 48.7 Å². The average Bonchev–Trinajstić information content (AvgIpc) is 3.27. The molecule has 1 N–H and O–H groups in total. The summed E-state index contributed by atoms with van der Waals surface area (Å²) in [5.41, 5.74) is 2.41. The average molecular weight is 398 g/mol. The first-order chi connectivity index (χ1) is 13.6. The van der Waals surface area contributed by atoms with Crippen LogP contribution in [0.15, 0.2) is 53.4 Å². The van der Waals surface area contributed by atoms with Crippen LogP contribution >= 0.6 is 11.8 Å². The molecule has 2 aromatic carbocycles. The van der Waals surface area contributed by atoms with E-state index >= 15 is 0 Å².